The molecule has 0 aliphatic carbocycles. The minimum absolute atomic E-state index is 0.260. The predicted molar refractivity (Wildman–Crippen MR) is 73.8 cm³/mol. The number of carbonyl (C=O) groups excluding carboxylic acids is 1. The van der Waals surface area contributed by atoms with Gasteiger partial charge in [-0.05, 0) is 20.8 Å². The monoisotopic (exact) mass is 263 g/mol. The van der Waals surface area contributed by atoms with E-state index in [1.165, 1.54) is 0 Å². The number of nitrogens with two attached hydrogens (primary N) is 1. The van der Waals surface area contributed by atoms with Gasteiger partial charge in [0.05, 0.1) is 0 Å². The van der Waals surface area contributed by atoms with Gasteiger partial charge in [-0.25, -0.2) is 9.97 Å². The molecule has 1 atom stereocenters. The SMILES string of the molecule is Cc1cc(N2CCN(C(C)C)[C@H](C(N)=O)C2)ncn1. The van der Waals surface area contributed by atoms with E-state index in [0.29, 0.717) is 12.6 Å². The van der Waals surface area contributed by atoms with Crippen LogP contribution in [0.3, 0.4) is 0 Å². The molecule has 0 spiro atoms. The molecule has 1 aromatic rings. The second kappa shape index (κ2) is 5.52. The van der Waals surface area contributed by atoms with Crippen LogP contribution in [0.5, 0.6) is 0 Å². The van der Waals surface area contributed by atoms with E-state index in [-0.39, 0.29) is 11.9 Å². The number of primary amides is 1. The Labute approximate surface area is 113 Å². The fourth-order valence-electron chi connectivity index (χ4n) is 2.49. The van der Waals surface area contributed by atoms with E-state index < -0.39 is 0 Å². The number of amides is 1. The fourth-order valence-corrected chi connectivity index (χ4v) is 2.49. The summed E-state index contributed by atoms with van der Waals surface area (Å²) in [6.07, 6.45) is 1.55. The molecule has 2 rings (SSSR count). The lowest BCUT2D eigenvalue weighted by atomic mass is 10.1. The molecular weight excluding hydrogens is 242 g/mol. The molecule has 0 aromatic carbocycles. The van der Waals surface area contributed by atoms with Gasteiger partial charge in [-0.3, -0.25) is 9.69 Å². The van der Waals surface area contributed by atoms with Crippen molar-refractivity contribution in [2.75, 3.05) is 24.5 Å². The summed E-state index contributed by atoms with van der Waals surface area (Å²) in [4.78, 5) is 24.2. The van der Waals surface area contributed by atoms with Crippen LogP contribution in [0, 0.1) is 6.92 Å². The van der Waals surface area contributed by atoms with Crippen LogP contribution in [0.25, 0.3) is 0 Å². The Morgan fingerprint density at radius 1 is 1.42 bits per heavy atom. The molecule has 0 radical (unpaired) electrons. The first-order valence-electron chi connectivity index (χ1n) is 6.57. The van der Waals surface area contributed by atoms with Crippen molar-refractivity contribution < 1.29 is 4.79 Å². The maximum atomic E-state index is 11.6. The van der Waals surface area contributed by atoms with Crippen molar-refractivity contribution in [1.82, 2.24) is 14.9 Å². The molecule has 1 amide bonds. The van der Waals surface area contributed by atoms with Gasteiger partial charge in [0.1, 0.15) is 18.2 Å². The Morgan fingerprint density at radius 2 is 2.16 bits per heavy atom. The first kappa shape index (κ1) is 13.7. The standard InChI is InChI=1S/C13H21N5O/c1-9(2)18-5-4-17(7-11(18)13(14)19)12-6-10(3)15-8-16-12/h6,8-9,11H,4-5,7H2,1-3H3,(H2,14,19)/t11-/m0/s1. The van der Waals surface area contributed by atoms with Crippen molar-refractivity contribution >= 4 is 11.7 Å². The average Bonchev–Trinajstić information content (AvgIpc) is 2.37. The number of rotatable bonds is 3. The third-order valence-corrected chi connectivity index (χ3v) is 3.53. The van der Waals surface area contributed by atoms with Crippen LogP contribution in [0.2, 0.25) is 0 Å². The molecule has 6 nitrogen and oxygen atoms in total. The Bertz CT molecular complexity index is 462. The normalized spacial score (nSPS) is 20.8. The number of hydrogen-bond acceptors (Lipinski definition) is 5. The molecule has 1 aliphatic rings. The number of nitrogens with zero attached hydrogens (tertiary/aromatic N) is 4. The Morgan fingerprint density at radius 3 is 2.74 bits per heavy atom. The zero-order chi connectivity index (χ0) is 14.0. The van der Waals surface area contributed by atoms with Crippen molar-refractivity contribution in [2.24, 2.45) is 5.73 Å². The second-order valence-corrected chi connectivity index (χ2v) is 5.21. The molecular formula is C13H21N5O. The maximum Gasteiger partial charge on any atom is 0.236 e. The number of anilines is 1. The largest absolute Gasteiger partial charge is 0.368 e. The second-order valence-electron chi connectivity index (χ2n) is 5.21. The summed E-state index contributed by atoms with van der Waals surface area (Å²) in [6, 6.07) is 1.99. The summed E-state index contributed by atoms with van der Waals surface area (Å²) < 4.78 is 0. The molecule has 1 fully saturated rings. The lowest BCUT2D eigenvalue weighted by molar-refractivity contribution is -0.124. The van der Waals surface area contributed by atoms with Crippen molar-refractivity contribution in [3.63, 3.8) is 0 Å². The van der Waals surface area contributed by atoms with Gasteiger partial charge < -0.3 is 10.6 Å². The smallest absolute Gasteiger partial charge is 0.236 e. The van der Waals surface area contributed by atoms with E-state index in [2.05, 4.69) is 33.6 Å². The highest BCUT2D eigenvalue weighted by molar-refractivity contribution is 5.81. The molecule has 0 saturated carbocycles. The van der Waals surface area contributed by atoms with E-state index in [1.54, 1.807) is 6.33 Å². The summed E-state index contributed by atoms with van der Waals surface area (Å²) in [5, 5.41) is 0. The van der Waals surface area contributed by atoms with Crippen molar-refractivity contribution in [2.45, 2.75) is 32.9 Å². The molecule has 1 aliphatic heterocycles. The quantitative estimate of drug-likeness (QED) is 0.841. The topological polar surface area (TPSA) is 75.3 Å². The highest BCUT2D eigenvalue weighted by atomic mass is 16.1. The maximum absolute atomic E-state index is 11.6. The van der Waals surface area contributed by atoms with Gasteiger partial charge in [-0.15, -0.1) is 0 Å². The molecule has 104 valence electrons. The molecule has 19 heavy (non-hydrogen) atoms. The van der Waals surface area contributed by atoms with Crippen molar-refractivity contribution in [3.8, 4) is 0 Å². The Balaban J connectivity index is 2.17. The third kappa shape index (κ3) is 3.01. The summed E-state index contributed by atoms with van der Waals surface area (Å²) in [5.41, 5.74) is 6.45. The minimum atomic E-state index is -0.274. The van der Waals surface area contributed by atoms with Gasteiger partial charge in [-0.1, -0.05) is 0 Å². The number of aryl methyl sites for hydroxylation is 1. The van der Waals surface area contributed by atoms with E-state index in [1.807, 2.05) is 13.0 Å². The zero-order valence-corrected chi connectivity index (χ0v) is 11.7. The molecule has 0 bridgehead atoms. The van der Waals surface area contributed by atoms with E-state index >= 15 is 0 Å². The zero-order valence-electron chi connectivity index (χ0n) is 11.7. The lowest BCUT2D eigenvalue weighted by Gasteiger charge is -2.42. The van der Waals surface area contributed by atoms with Gasteiger partial charge in [0, 0.05) is 37.4 Å². The van der Waals surface area contributed by atoms with Crippen molar-refractivity contribution in [3.05, 3.63) is 18.1 Å². The van der Waals surface area contributed by atoms with Crippen LogP contribution < -0.4 is 10.6 Å². The van der Waals surface area contributed by atoms with Gasteiger partial charge in [-0.2, -0.15) is 0 Å². The first-order chi connectivity index (χ1) is 8.99. The van der Waals surface area contributed by atoms with Gasteiger partial charge in [0.2, 0.25) is 5.91 Å². The highest BCUT2D eigenvalue weighted by Gasteiger charge is 2.32. The molecule has 1 aromatic heterocycles. The van der Waals surface area contributed by atoms with Crippen LogP contribution in [0.1, 0.15) is 19.5 Å². The highest BCUT2D eigenvalue weighted by Crippen LogP contribution is 2.18. The summed E-state index contributed by atoms with van der Waals surface area (Å²) in [5.74, 6) is 0.589. The molecule has 2 N–H and O–H groups in total. The number of hydrogen-bond donors (Lipinski definition) is 1. The van der Waals surface area contributed by atoms with Crippen LogP contribution in [-0.4, -0.2) is 52.5 Å². The molecule has 1 saturated heterocycles. The average molecular weight is 263 g/mol. The Hall–Kier alpha value is -1.69. The van der Waals surface area contributed by atoms with Gasteiger partial charge in [0.15, 0.2) is 0 Å². The van der Waals surface area contributed by atoms with Gasteiger partial charge in [0.25, 0.3) is 0 Å². The number of carbonyl (C=O) groups is 1. The Kier molecular flexibility index (Phi) is 3.99. The van der Waals surface area contributed by atoms with Crippen molar-refractivity contribution in [1.29, 1.82) is 0 Å². The van der Waals surface area contributed by atoms with Crippen LogP contribution in [0.15, 0.2) is 12.4 Å². The number of aromatic nitrogens is 2. The van der Waals surface area contributed by atoms with E-state index in [0.717, 1.165) is 24.6 Å². The fraction of sp³-hybridized carbons (Fsp3) is 0.615. The molecule has 2 heterocycles. The summed E-state index contributed by atoms with van der Waals surface area (Å²) in [6.45, 7) is 8.35. The lowest BCUT2D eigenvalue weighted by Crippen LogP contribution is -2.60. The molecule has 0 unspecified atom stereocenters. The van der Waals surface area contributed by atoms with E-state index in [4.69, 9.17) is 5.73 Å². The third-order valence-electron chi connectivity index (χ3n) is 3.53. The summed E-state index contributed by atoms with van der Waals surface area (Å²) >= 11 is 0. The first-order valence-corrected chi connectivity index (χ1v) is 6.57. The summed E-state index contributed by atoms with van der Waals surface area (Å²) in [7, 11) is 0. The van der Waals surface area contributed by atoms with Crippen LogP contribution in [0.4, 0.5) is 5.82 Å². The van der Waals surface area contributed by atoms with Crippen LogP contribution >= 0.6 is 0 Å². The van der Waals surface area contributed by atoms with E-state index in [9.17, 15) is 4.79 Å². The minimum Gasteiger partial charge on any atom is -0.368 e. The van der Waals surface area contributed by atoms with Crippen LogP contribution in [-0.2, 0) is 4.79 Å². The van der Waals surface area contributed by atoms with Gasteiger partial charge >= 0.3 is 0 Å². The predicted octanol–water partition coefficient (Wildman–Crippen LogP) is 0.169. The number of piperazine rings is 1. The molecule has 6 heteroatoms.